The van der Waals surface area contributed by atoms with Crippen molar-refractivity contribution in [3.63, 3.8) is 0 Å². The van der Waals surface area contributed by atoms with Crippen molar-refractivity contribution in [1.29, 1.82) is 0 Å². The Kier molecular flexibility index (Phi) is 7.36. The van der Waals surface area contributed by atoms with Crippen LogP contribution in [0.5, 0.6) is 5.75 Å². The van der Waals surface area contributed by atoms with Crippen molar-refractivity contribution < 1.29 is 13.9 Å². The van der Waals surface area contributed by atoms with Crippen LogP contribution in [0.1, 0.15) is 31.1 Å². The van der Waals surface area contributed by atoms with Gasteiger partial charge < -0.3 is 19.4 Å². The first-order valence-electron chi connectivity index (χ1n) is 10.9. The number of anilines is 1. The van der Waals surface area contributed by atoms with Crippen molar-refractivity contribution in [3.05, 3.63) is 54.0 Å². The van der Waals surface area contributed by atoms with Crippen LogP contribution in [-0.4, -0.2) is 52.7 Å². The summed E-state index contributed by atoms with van der Waals surface area (Å²) in [5.41, 5.74) is 1.15. The van der Waals surface area contributed by atoms with Crippen LogP contribution in [0.4, 0.5) is 5.95 Å². The highest BCUT2D eigenvalue weighted by Crippen LogP contribution is 2.28. The second-order valence-corrected chi connectivity index (χ2v) is 9.10. The molecule has 32 heavy (non-hydrogen) atoms. The van der Waals surface area contributed by atoms with Crippen LogP contribution >= 0.6 is 11.8 Å². The van der Waals surface area contributed by atoms with Gasteiger partial charge in [-0.05, 0) is 56.0 Å². The minimum absolute atomic E-state index is 0.0150. The lowest BCUT2D eigenvalue weighted by atomic mass is 10.1. The number of rotatable bonds is 10. The van der Waals surface area contributed by atoms with Gasteiger partial charge in [-0.2, -0.15) is 0 Å². The lowest BCUT2D eigenvalue weighted by Crippen LogP contribution is -2.32. The van der Waals surface area contributed by atoms with Crippen molar-refractivity contribution in [1.82, 2.24) is 20.1 Å². The molecule has 0 bridgehead atoms. The van der Waals surface area contributed by atoms with E-state index in [1.165, 1.54) is 11.8 Å². The third-order valence-electron chi connectivity index (χ3n) is 5.50. The highest BCUT2D eigenvalue weighted by Gasteiger charge is 2.24. The number of carbonyl (C=O) groups excluding carboxylic acids is 1. The van der Waals surface area contributed by atoms with Gasteiger partial charge in [0, 0.05) is 19.6 Å². The molecule has 1 fully saturated rings. The van der Waals surface area contributed by atoms with Crippen LogP contribution in [-0.2, 0) is 17.8 Å². The third-order valence-corrected chi connectivity index (χ3v) is 6.58. The zero-order chi connectivity index (χ0) is 22.3. The van der Waals surface area contributed by atoms with E-state index in [-0.39, 0.29) is 11.2 Å². The van der Waals surface area contributed by atoms with Gasteiger partial charge >= 0.3 is 0 Å². The van der Waals surface area contributed by atoms with Crippen LogP contribution in [0.3, 0.4) is 0 Å². The first-order valence-corrected chi connectivity index (χ1v) is 11.8. The molecule has 4 rings (SSSR count). The van der Waals surface area contributed by atoms with E-state index < -0.39 is 0 Å². The van der Waals surface area contributed by atoms with E-state index in [9.17, 15) is 4.79 Å². The molecule has 9 heteroatoms. The summed E-state index contributed by atoms with van der Waals surface area (Å²) >= 11 is 1.42. The molecule has 0 aliphatic carbocycles. The predicted octanol–water partition coefficient (Wildman–Crippen LogP) is 3.37. The van der Waals surface area contributed by atoms with Gasteiger partial charge in [-0.25, -0.2) is 0 Å². The number of ether oxygens (including phenoxy) is 1. The van der Waals surface area contributed by atoms with Gasteiger partial charge in [-0.3, -0.25) is 9.36 Å². The summed E-state index contributed by atoms with van der Waals surface area (Å²) in [4.78, 5) is 14.9. The Bertz CT molecular complexity index is 997. The highest BCUT2D eigenvalue weighted by atomic mass is 32.2. The molecule has 2 aromatic heterocycles. The molecule has 0 spiro atoms. The number of carbonyl (C=O) groups is 1. The number of thioether (sulfide) groups is 1. The van der Waals surface area contributed by atoms with Gasteiger partial charge in [-0.15, -0.1) is 10.2 Å². The summed E-state index contributed by atoms with van der Waals surface area (Å²) < 4.78 is 12.8. The highest BCUT2D eigenvalue weighted by molar-refractivity contribution is 8.00. The molecule has 1 aliphatic heterocycles. The Balaban J connectivity index is 1.37. The number of hydrogen-bond acceptors (Lipinski definition) is 7. The summed E-state index contributed by atoms with van der Waals surface area (Å²) in [5, 5.41) is 12.3. The quantitative estimate of drug-likeness (QED) is 0.469. The number of furan rings is 1. The molecule has 0 radical (unpaired) electrons. The molecule has 3 heterocycles. The van der Waals surface area contributed by atoms with Crippen molar-refractivity contribution in [2.45, 2.75) is 43.1 Å². The van der Waals surface area contributed by atoms with E-state index in [1.54, 1.807) is 13.4 Å². The van der Waals surface area contributed by atoms with Gasteiger partial charge in [-0.1, -0.05) is 23.9 Å². The molecule has 1 atom stereocenters. The molecule has 1 N–H and O–H groups in total. The smallest absolute Gasteiger partial charge is 0.233 e. The first-order chi connectivity index (χ1) is 15.6. The molecular formula is C23H29N5O3S. The van der Waals surface area contributed by atoms with E-state index in [4.69, 9.17) is 9.15 Å². The maximum Gasteiger partial charge on any atom is 0.233 e. The third kappa shape index (κ3) is 5.45. The minimum Gasteiger partial charge on any atom is -0.497 e. The summed E-state index contributed by atoms with van der Waals surface area (Å²) in [7, 11) is 1.65. The molecule has 1 aliphatic rings. The van der Waals surface area contributed by atoms with Crippen molar-refractivity contribution >= 4 is 23.6 Å². The number of methoxy groups -OCH3 is 1. The summed E-state index contributed by atoms with van der Waals surface area (Å²) in [6.07, 6.45) is 4.74. The van der Waals surface area contributed by atoms with Gasteiger partial charge in [0.2, 0.25) is 11.9 Å². The van der Waals surface area contributed by atoms with Crippen LogP contribution in [0, 0.1) is 0 Å². The molecule has 1 saturated heterocycles. The fourth-order valence-electron chi connectivity index (χ4n) is 3.69. The lowest BCUT2D eigenvalue weighted by Gasteiger charge is -2.18. The fraction of sp³-hybridized carbons (Fsp3) is 0.435. The monoisotopic (exact) mass is 455 g/mol. The van der Waals surface area contributed by atoms with E-state index >= 15 is 0 Å². The van der Waals surface area contributed by atoms with Crippen LogP contribution < -0.4 is 15.0 Å². The number of hydrogen-bond donors (Lipinski definition) is 1. The maximum atomic E-state index is 12.7. The average Bonchev–Trinajstić information content (AvgIpc) is 3.58. The summed E-state index contributed by atoms with van der Waals surface area (Å²) in [6, 6.07) is 11.7. The zero-order valence-corrected chi connectivity index (χ0v) is 19.3. The molecule has 8 nitrogen and oxygen atoms in total. The van der Waals surface area contributed by atoms with Crippen molar-refractivity contribution in [2.75, 3.05) is 31.6 Å². The largest absolute Gasteiger partial charge is 0.497 e. The first kappa shape index (κ1) is 22.3. The number of amides is 1. The molecule has 1 unspecified atom stereocenters. The maximum absolute atomic E-state index is 12.7. The van der Waals surface area contributed by atoms with Gasteiger partial charge in [0.15, 0.2) is 5.16 Å². The average molecular weight is 456 g/mol. The Morgan fingerprint density at radius 2 is 2.00 bits per heavy atom. The van der Waals surface area contributed by atoms with E-state index in [1.807, 2.05) is 43.3 Å². The van der Waals surface area contributed by atoms with Gasteiger partial charge in [0.05, 0.1) is 25.2 Å². The Labute approximate surface area is 192 Å². The molecule has 170 valence electrons. The summed E-state index contributed by atoms with van der Waals surface area (Å²) in [5.74, 6) is 2.49. The Morgan fingerprint density at radius 1 is 1.22 bits per heavy atom. The topological polar surface area (TPSA) is 85.4 Å². The Hall–Kier alpha value is -2.94. The van der Waals surface area contributed by atoms with Crippen LogP contribution in [0.2, 0.25) is 0 Å². The lowest BCUT2D eigenvalue weighted by molar-refractivity contribution is -0.120. The molecule has 1 aromatic carbocycles. The molecule has 3 aromatic rings. The zero-order valence-electron chi connectivity index (χ0n) is 18.5. The molecular weight excluding hydrogens is 426 g/mol. The predicted molar refractivity (Wildman–Crippen MR) is 124 cm³/mol. The Morgan fingerprint density at radius 3 is 2.69 bits per heavy atom. The molecule has 1 amide bonds. The van der Waals surface area contributed by atoms with E-state index in [2.05, 4.69) is 25.0 Å². The standard InChI is InChI=1S/C23H29N5O3S/c1-17(21(29)24-12-11-18-7-9-19(30-2)10-8-18)32-23-26-25-22(27-13-3-4-14-27)28(23)16-20-6-5-15-31-20/h5-10,15,17H,3-4,11-14,16H2,1-2H3,(H,24,29). The van der Waals surface area contributed by atoms with Crippen molar-refractivity contribution in [3.8, 4) is 5.75 Å². The van der Waals surface area contributed by atoms with Crippen LogP contribution in [0.25, 0.3) is 0 Å². The van der Waals surface area contributed by atoms with Gasteiger partial charge in [0.1, 0.15) is 11.5 Å². The normalized spacial score (nSPS) is 14.5. The van der Waals surface area contributed by atoms with Crippen LogP contribution in [0.15, 0.2) is 52.2 Å². The second-order valence-electron chi connectivity index (χ2n) is 7.79. The number of nitrogens with zero attached hydrogens (tertiary/aromatic N) is 4. The SMILES string of the molecule is COc1ccc(CCNC(=O)C(C)Sc2nnc(N3CCCC3)n2Cc2ccco2)cc1. The van der Waals surface area contributed by atoms with E-state index in [0.717, 1.165) is 60.5 Å². The van der Waals surface area contributed by atoms with E-state index in [0.29, 0.717) is 13.1 Å². The number of aromatic nitrogens is 3. The van der Waals surface area contributed by atoms with Crippen molar-refractivity contribution in [2.24, 2.45) is 0 Å². The number of nitrogens with one attached hydrogen (secondary N) is 1. The minimum atomic E-state index is -0.295. The summed E-state index contributed by atoms with van der Waals surface area (Å²) in [6.45, 7) is 4.97. The number of benzene rings is 1. The fourth-order valence-corrected chi connectivity index (χ4v) is 4.56. The molecule has 0 saturated carbocycles. The second kappa shape index (κ2) is 10.6. The van der Waals surface area contributed by atoms with Gasteiger partial charge in [0.25, 0.3) is 0 Å².